The van der Waals surface area contributed by atoms with Crippen molar-refractivity contribution < 1.29 is 23.5 Å². The van der Waals surface area contributed by atoms with Gasteiger partial charge in [-0.15, -0.1) is 5.10 Å². The second-order valence-electron chi connectivity index (χ2n) is 9.71. The predicted molar refractivity (Wildman–Crippen MR) is 146 cm³/mol. The molecule has 0 fully saturated rings. The maximum atomic E-state index is 14.1. The molecule has 0 unspecified atom stereocenters. The van der Waals surface area contributed by atoms with Gasteiger partial charge >= 0.3 is 0 Å². The van der Waals surface area contributed by atoms with Crippen LogP contribution >= 0.6 is 0 Å². The number of rotatable bonds is 10. The van der Waals surface area contributed by atoms with E-state index in [-0.39, 0.29) is 6.54 Å². The molecule has 4 rings (SSSR count). The van der Waals surface area contributed by atoms with Gasteiger partial charge in [0.2, 0.25) is 11.8 Å². The number of benzene rings is 3. The first-order valence-electron chi connectivity index (χ1n) is 12.6. The standard InChI is InChI=1S/C29H32FN5O4/c1-6-29(2,3)31-28(37)27(22-17-21(38-4)15-16-25(22)39-5)35(20-13-11-19(30)12-14-20)26(36)18-34-24-10-8-7-9-23(24)32-33-34/h7-17,27H,6,18H2,1-5H3,(H,31,37)/t27-/m0/s1. The summed E-state index contributed by atoms with van der Waals surface area (Å²) in [7, 11) is 3.00. The highest BCUT2D eigenvalue weighted by atomic mass is 19.1. The van der Waals surface area contributed by atoms with Crippen LogP contribution in [0.5, 0.6) is 11.5 Å². The van der Waals surface area contributed by atoms with E-state index in [9.17, 15) is 14.0 Å². The molecule has 1 atom stereocenters. The Labute approximate surface area is 226 Å². The molecule has 1 N–H and O–H groups in total. The number of halogens is 1. The van der Waals surface area contributed by atoms with E-state index in [1.54, 1.807) is 24.3 Å². The van der Waals surface area contributed by atoms with E-state index < -0.39 is 29.2 Å². The van der Waals surface area contributed by atoms with E-state index in [0.29, 0.717) is 40.2 Å². The third-order valence-corrected chi connectivity index (χ3v) is 6.66. The van der Waals surface area contributed by atoms with E-state index in [2.05, 4.69) is 15.6 Å². The van der Waals surface area contributed by atoms with Crippen LogP contribution in [0, 0.1) is 5.82 Å². The first-order valence-corrected chi connectivity index (χ1v) is 12.6. The zero-order chi connectivity index (χ0) is 28.2. The summed E-state index contributed by atoms with van der Waals surface area (Å²) in [4.78, 5) is 29.6. The van der Waals surface area contributed by atoms with Gasteiger partial charge in [-0.1, -0.05) is 24.3 Å². The summed E-state index contributed by atoms with van der Waals surface area (Å²) < 4.78 is 26.5. The van der Waals surface area contributed by atoms with Crippen LogP contribution in [-0.2, 0) is 16.1 Å². The molecule has 0 bridgehead atoms. The van der Waals surface area contributed by atoms with Crippen LogP contribution in [0.3, 0.4) is 0 Å². The first kappa shape index (κ1) is 27.6. The van der Waals surface area contributed by atoms with Gasteiger partial charge in [0.05, 0.1) is 19.7 Å². The molecular formula is C29H32FN5O4. The van der Waals surface area contributed by atoms with E-state index in [0.717, 1.165) is 0 Å². The number of hydrogen-bond acceptors (Lipinski definition) is 6. The van der Waals surface area contributed by atoms with Crippen LogP contribution in [0.15, 0.2) is 66.7 Å². The molecule has 0 saturated carbocycles. The number of ether oxygens (including phenoxy) is 2. The van der Waals surface area contributed by atoms with Gasteiger partial charge in [0, 0.05) is 16.8 Å². The maximum absolute atomic E-state index is 14.1. The molecule has 2 amide bonds. The lowest BCUT2D eigenvalue weighted by Gasteiger charge is -2.35. The minimum atomic E-state index is -1.19. The van der Waals surface area contributed by atoms with Crippen molar-refractivity contribution in [2.45, 2.75) is 45.3 Å². The Bertz CT molecular complexity index is 1470. The predicted octanol–water partition coefficient (Wildman–Crippen LogP) is 4.67. The SMILES string of the molecule is CCC(C)(C)NC(=O)[C@H](c1cc(OC)ccc1OC)N(C(=O)Cn1nnc2ccccc21)c1ccc(F)cc1. The summed E-state index contributed by atoms with van der Waals surface area (Å²) in [6, 6.07) is 16.5. The fourth-order valence-electron chi connectivity index (χ4n) is 4.22. The Hall–Kier alpha value is -4.47. The molecule has 0 aliphatic carbocycles. The molecule has 0 aliphatic rings. The summed E-state index contributed by atoms with van der Waals surface area (Å²) in [6.45, 7) is 5.54. The van der Waals surface area contributed by atoms with Gasteiger partial charge in [0.25, 0.3) is 0 Å². The van der Waals surface area contributed by atoms with Crippen molar-refractivity contribution in [2.24, 2.45) is 0 Å². The largest absolute Gasteiger partial charge is 0.497 e. The average Bonchev–Trinajstić information content (AvgIpc) is 3.34. The number of carbonyl (C=O) groups excluding carboxylic acids is 2. The van der Waals surface area contributed by atoms with E-state index in [4.69, 9.17) is 9.47 Å². The molecule has 0 saturated heterocycles. The minimum absolute atomic E-state index is 0.217. The lowest BCUT2D eigenvalue weighted by molar-refractivity contribution is -0.128. The minimum Gasteiger partial charge on any atom is -0.497 e. The molecule has 1 heterocycles. The van der Waals surface area contributed by atoms with E-state index in [1.165, 1.54) is 48.1 Å². The van der Waals surface area contributed by atoms with Crippen LogP contribution in [0.1, 0.15) is 38.8 Å². The van der Waals surface area contributed by atoms with Crippen molar-refractivity contribution in [1.82, 2.24) is 20.3 Å². The van der Waals surface area contributed by atoms with Crippen molar-refractivity contribution in [3.63, 3.8) is 0 Å². The topological polar surface area (TPSA) is 98.6 Å². The van der Waals surface area contributed by atoms with Gasteiger partial charge in [0.15, 0.2) is 0 Å². The molecule has 0 radical (unpaired) electrons. The molecule has 0 spiro atoms. The summed E-state index contributed by atoms with van der Waals surface area (Å²) in [5.74, 6) is -0.505. The van der Waals surface area contributed by atoms with Crippen LogP contribution in [0.25, 0.3) is 11.0 Å². The first-order chi connectivity index (χ1) is 18.7. The molecule has 1 aromatic heterocycles. The van der Waals surface area contributed by atoms with E-state index >= 15 is 0 Å². The zero-order valence-electron chi connectivity index (χ0n) is 22.6. The molecule has 0 aliphatic heterocycles. The quantitative estimate of drug-likeness (QED) is 0.318. The van der Waals surface area contributed by atoms with Gasteiger partial charge in [-0.3, -0.25) is 14.5 Å². The number of carbonyl (C=O) groups is 2. The number of hydrogen-bond donors (Lipinski definition) is 1. The number of aromatic nitrogens is 3. The normalized spacial score (nSPS) is 12.2. The highest BCUT2D eigenvalue weighted by molar-refractivity contribution is 6.02. The zero-order valence-corrected chi connectivity index (χ0v) is 22.6. The Morgan fingerprint density at radius 2 is 1.77 bits per heavy atom. The highest BCUT2D eigenvalue weighted by Crippen LogP contribution is 2.36. The number of anilines is 1. The third kappa shape index (κ3) is 6.00. The maximum Gasteiger partial charge on any atom is 0.249 e. The van der Waals surface area contributed by atoms with Crippen molar-refractivity contribution in [2.75, 3.05) is 19.1 Å². The highest BCUT2D eigenvalue weighted by Gasteiger charge is 2.37. The lowest BCUT2D eigenvalue weighted by atomic mass is 9.97. The molecule has 204 valence electrons. The summed E-state index contributed by atoms with van der Waals surface area (Å²) in [5.41, 5.74) is 1.46. The Kier molecular flexibility index (Phi) is 8.13. The number of nitrogens with one attached hydrogen (secondary N) is 1. The van der Waals surface area contributed by atoms with Crippen molar-refractivity contribution in [3.8, 4) is 11.5 Å². The fourth-order valence-corrected chi connectivity index (χ4v) is 4.22. The third-order valence-electron chi connectivity index (χ3n) is 6.66. The lowest BCUT2D eigenvalue weighted by Crippen LogP contribution is -2.51. The van der Waals surface area contributed by atoms with Crippen molar-refractivity contribution >= 4 is 28.5 Å². The van der Waals surface area contributed by atoms with Crippen molar-refractivity contribution in [1.29, 1.82) is 0 Å². The molecule has 39 heavy (non-hydrogen) atoms. The number of para-hydroxylation sites is 1. The molecule has 10 heteroatoms. The molecule has 9 nitrogen and oxygen atoms in total. The van der Waals surface area contributed by atoms with Crippen LogP contribution in [-0.4, -0.2) is 46.6 Å². The monoisotopic (exact) mass is 533 g/mol. The van der Waals surface area contributed by atoms with Gasteiger partial charge in [-0.2, -0.15) is 0 Å². The van der Waals surface area contributed by atoms with Crippen LogP contribution in [0.4, 0.5) is 10.1 Å². The van der Waals surface area contributed by atoms with Gasteiger partial charge in [0.1, 0.15) is 35.4 Å². The summed E-state index contributed by atoms with van der Waals surface area (Å²) in [6.07, 6.45) is 0.649. The molecule has 3 aromatic carbocycles. The fraction of sp³-hybridized carbons (Fsp3) is 0.310. The molecule has 4 aromatic rings. The second kappa shape index (κ2) is 11.5. The average molecular weight is 534 g/mol. The Morgan fingerprint density at radius 1 is 1.05 bits per heavy atom. The number of methoxy groups -OCH3 is 2. The second-order valence-corrected chi connectivity index (χ2v) is 9.71. The Morgan fingerprint density at radius 3 is 2.44 bits per heavy atom. The number of fused-ring (bicyclic) bond motifs is 1. The molecular weight excluding hydrogens is 501 g/mol. The van der Waals surface area contributed by atoms with Crippen molar-refractivity contribution in [3.05, 3.63) is 78.1 Å². The number of nitrogens with zero attached hydrogens (tertiary/aromatic N) is 4. The van der Waals surface area contributed by atoms with Gasteiger partial charge in [-0.05, 0) is 74.9 Å². The Balaban J connectivity index is 1.89. The summed E-state index contributed by atoms with van der Waals surface area (Å²) >= 11 is 0. The van der Waals surface area contributed by atoms with Crippen LogP contribution < -0.4 is 19.7 Å². The van der Waals surface area contributed by atoms with Gasteiger partial charge < -0.3 is 14.8 Å². The van der Waals surface area contributed by atoms with E-state index in [1.807, 2.05) is 39.0 Å². The smallest absolute Gasteiger partial charge is 0.249 e. The number of amides is 2. The summed E-state index contributed by atoms with van der Waals surface area (Å²) in [5, 5.41) is 11.4. The van der Waals surface area contributed by atoms with Crippen LogP contribution in [0.2, 0.25) is 0 Å². The van der Waals surface area contributed by atoms with Gasteiger partial charge in [-0.25, -0.2) is 9.07 Å².